The number of halogens is 7. The summed E-state index contributed by atoms with van der Waals surface area (Å²) in [5.41, 5.74) is -1.36. The molecule has 1 fully saturated rings. The summed E-state index contributed by atoms with van der Waals surface area (Å²) in [6.07, 6.45) is -9.53. The third kappa shape index (κ3) is 3.43. The van der Waals surface area contributed by atoms with Crippen LogP contribution in [0.5, 0.6) is 0 Å². The zero-order chi connectivity index (χ0) is 22.1. The molecule has 5 rings (SSSR count). The fourth-order valence-electron chi connectivity index (χ4n) is 4.56. The normalized spacial score (nSPS) is 23.3. The number of rotatable bonds is 2. The van der Waals surface area contributed by atoms with Crippen molar-refractivity contribution in [1.82, 2.24) is 4.57 Å². The summed E-state index contributed by atoms with van der Waals surface area (Å²) in [7, 11) is 0. The molecule has 0 spiro atoms. The van der Waals surface area contributed by atoms with E-state index in [-0.39, 0.29) is 23.9 Å². The molecular weight excluding hydrogens is 446 g/mol. The smallest absolute Gasteiger partial charge is 0.376 e. The number of ether oxygens (including phenoxy) is 1. The quantitative estimate of drug-likeness (QED) is 0.415. The summed E-state index contributed by atoms with van der Waals surface area (Å²) >= 11 is 6.07. The van der Waals surface area contributed by atoms with E-state index in [1.807, 2.05) is 16.7 Å². The van der Waals surface area contributed by atoms with Crippen LogP contribution in [0.15, 0.2) is 42.5 Å². The summed E-state index contributed by atoms with van der Waals surface area (Å²) in [5.74, 6) is -0.126. The van der Waals surface area contributed by atoms with Crippen LogP contribution in [-0.2, 0) is 17.1 Å². The van der Waals surface area contributed by atoms with E-state index < -0.39 is 29.5 Å². The first kappa shape index (κ1) is 20.5. The second kappa shape index (κ2) is 6.80. The average molecular weight is 461 g/mol. The molecule has 164 valence electrons. The van der Waals surface area contributed by atoms with Crippen molar-refractivity contribution in [3.63, 3.8) is 0 Å². The van der Waals surface area contributed by atoms with E-state index in [4.69, 9.17) is 16.3 Å². The minimum absolute atomic E-state index is 0.125. The number of nitrogens with zero attached hydrogens (tertiary/aromatic N) is 1. The van der Waals surface area contributed by atoms with Crippen LogP contribution in [0.4, 0.5) is 32.0 Å². The molecule has 1 N–H and O–H groups in total. The Morgan fingerprint density at radius 1 is 0.935 bits per heavy atom. The molecule has 3 heterocycles. The lowest BCUT2D eigenvalue weighted by Crippen LogP contribution is -2.18. The van der Waals surface area contributed by atoms with Crippen molar-refractivity contribution in [2.24, 2.45) is 5.92 Å². The van der Waals surface area contributed by atoms with Crippen molar-refractivity contribution in [2.75, 3.05) is 11.9 Å². The summed E-state index contributed by atoms with van der Waals surface area (Å²) in [6.45, 7) is 0.455. The van der Waals surface area contributed by atoms with Gasteiger partial charge in [0.05, 0.1) is 22.7 Å². The Kier molecular flexibility index (Phi) is 4.50. The van der Waals surface area contributed by atoms with Crippen LogP contribution in [0.1, 0.15) is 35.5 Å². The van der Waals surface area contributed by atoms with Crippen LogP contribution >= 0.6 is 11.6 Å². The van der Waals surface area contributed by atoms with Gasteiger partial charge >= 0.3 is 12.4 Å². The van der Waals surface area contributed by atoms with Gasteiger partial charge in [-0.1, -0.05) is 11.6 Å². The van der Waals surface area contributed by atoms with Gasteiger partial charge in [-0.2, -0.15) is 26.3 Å². The lowest BCUT2D eigenvalue weighted by atomic mass is 9.96. The van der Waals surface area contributed by atoms with Crippen molar-refractivity contribution in [3.05, 3.63) is 64.3 Å². The molecule has 0 aliphatic carbocycles. The maximum absolute atomic E-state index is 13.2. The summed E-state index contributed by atoms with van der Waals surface area (Å²) < 4.78 is 87.3. The largest absolute Gasteiger partial charge is 0.416 e. The Morgan fingerprint density at radius 3 is 2.26 bits per heavy atom. The standard InChI is InChI=1S/C21H15ClF6N2O/c22-13-1-2-16-10(5-13)6-17-18(15-3-4-31-19(15)30(16)17)29-14-8-11(20(23,24)25)7-12(9-14)21(26,27)28/h1-2,5-9,15,18-19,29H,3-4H2/t15-,18+,19-/m0/s1. The van der Waals surface area contributed by atoms with Gasteiger partial charge in [-0.05, 0) is 48.9 Å². The summed E-state index contributed by atoms with van der Waals surface area (Å²) in [5, 5.41) is 4.28. The topological polar surface area (TPSA) is 26.2 Å². The Labute approximate surface area is 177 Å². The van der Waals surface area contributed by atoms with Crippen LogP contribution in [0.3, 0.4) is 0 Å². The van der Waals surface area contributed by atoms with Gasteiger partial charge in [0, 0.05) is 34.3 Å². The fraction of sp³-hybridized carbons (Fsp3) is 0.333. The Morgan fingerprint density at radius 2 is 1.61 bits per heavy atom. The molecule has 10 heteroatoms. The third-order valence-electron chi connectivity index (χ3n) is 5.85. The summed E-state index contributed by atoms with van der Waals surface area (Å²) in [4.78, 5) is 0. The van der Waals surface area contributed by atoms with Gasteiger partial charge in [0.2, 0.25) is 0 Å². The second-order valence-corrected chi connectivity index (χ2v) is 8.21. The minimum atomic E-state index is -4.90. The van der Waals surface area contributed by atoms with Gasteiger partial charge in [-0.25, -0.2) is 0 Å². The number of aromatic nitrogens is 1. The van der Waals surface area contributed by atoms with Crippen LogP contribution in [0.25, 0.3) is 10.9 Å². The monoisotopic (exact) mass is 460 g/mol. The number of hydrogen-bond donors (Lipinski definition) is 1. The highest BCUT2D eigenvalue weighted by Gasteiger charge is 2.46. The highest BCUT2D eigenvalue weighted by atomic mass is 35.5. The number of hydrogen-bond acceptors (Lipinski definition) is 2. The molecule has 0 saturated carbocycles. The van der Waals surface area contributed by atoms with Crippen LogP contribution < -0.4 is 5.32 Å². The molecule has 0 amide bonds. The number of fused-ring (bicyclic) bond motifs is 5. The van der Waals surface area contributed by atoms with Crippen LogP contribution in [-0.4, -0.2) is 11.2 Å². The minimum Gasteiger partial charge on any atom is -0.376 e. The number of benzene rings is 2. The Hall–Kier alpha value is -2.39. The molecule has 0 unspecified atom stereocenters. The van der Waals surface area contributed by atoms with Gasteiger partial charge < -0.3 is 14.6 Å². The molecule has 2 aliphatic rings. The molecule has 1 saturated heterocycles. The van der Waals surface area contributed by atoms with E-state index in [1.54, 1.807) is 12.1 Å². The molecule has 31 heavy (non-hydrogen) atoms. The maximum atomic E-state index is 13.2. The summed E-state index contributed by atoms with van der Waals surface area (Å²) in [6, 6.07) is 8.19. The van der Waals surface area contributed by atoms with Crippen molar-refractivity contribution in [3.8, 4) is 0 Å². The predicted molar refractivity (Wildman–Crippen MR) is 103 cm³/mol. The highest BCUT2D eigenvalue weighted by Crippen LogP contribution is 2.51. The molecule has 0 bridgehead atoms. The van der Waals surface area contributed by atoms with E-state index in [1.165, 1.54) is 0 Å². The average Bonchev–Trinajstić information content (AvgIpc) is 3.33. The molecule has 3 atom stereocenters. The van der Waals surface area contributed by atoms with E-state index in [9.17, 15) is 26.3 Å². The lowest BCUT2D eigenvalue weighted by molar-refractivity contribution is -0.143. The first-order valence-electron chi connectivity index (χ1n) is 9.50. The van der Waals surface area contributed by atoms with E-state index in [0.29, 0.717) is 30.2 Å². The van der Waals surface area contributed by atoms with E-state index in [0.717, 1.165) is 16.6 Å². The van der Waals surface area contributed by atoms with Crippen LogP contribution in [0, 0.1) is 5.92 Å². The first-order chi connectivity index (χ1) is 14.5. The zero-order valence-corrected chi connectivity index (χ0v) is 16.4. The third-order valence-corrected chi connectivity index (χ3v) is 6.08. The predicted octanol–water partition coefficient (Wildman–Crippen LogP) is 7.03. The van der Waals surface area contributed by atoms with Crippen molar-refractivity contribution >= 4 is 28.2 Å². The number of alkyl halides is 6. The van der Waals surface area contributed by atoms with Gasteiger partial charge in [0.25, 0.3) is 0 Å². The Balaban J connectivity index is 1.60. The van der Waals surface area contributed by atoms with Gasteiger partial charge in [-0.3, -0.25) is 0 Å². The first-order valence-corrected chi connectivity index (χ1v) is 9.88. The van der Waals surface area contributed by atoms with Gasteiger partial charge in [0.15, 0.2) is 0 Å². The number of nitrogens with one attached hydrogen (secondary N) is 1. The molecule has 1 aromatic heterocycles. The Bertz CT molecular complexity index is 1140. The van der Waals surface area contributed by atoms with E-state index >= 15 is 0 Å². The molecule has 2 aromatic carbocycles. The van der Waals surface area contributed by atoms with Gasteiger partial charge in [-0.15, -0.1) is 0 Å². The fourth-order valence-corrected chi connectivity index (χ4v) is 4.74. The SMILES string of the molecule is FC(F)(F)c1cc(N[C@H]2c3cc4cc(Cl)ccc4n3[C@H]3OCC[C@@H]23)cc(C(F)(F)F)c1. The van der Waals surface area contributed by atoms with Crippen molar-refractivity contribution < 1.29 is 31.1 Å². The molecule has 3 nitrogen and oxygen atoms in total. The molecule has 3 aromatic rings. The van der Waals surface area contributed by atoms with Gasteiger partial charge in [0.1, 0.15) is 6.23 Å². The molecule has 0 radical (unpaired) electrons. The highest BCUT2D eigenvalue weighted by molar-refractivity contribution is 6.31. The van der Waals surface area contributed by atoms with Crippen LogP contribution in [0.2, 0.25) is 5.02 Å². The van der Waals surface area contributed by atoms with Crippen molar-refractivity contribution in [1.29, 1.82) is 0 Å². The second-order valence-electron chi connectivity index (χ2n) is 7.77. The molecular formula is C21H15ClF6N2O. The zero-order valence-electron chi connectivity index (χ0n) is 15.7. The van der Waals surface area contributed by atoms with E-state index in [2.05, 4.69) is 5.32 Å². The lowest BCUT2D eigenvalue weighted by Gasteiger charge is -2.22. The number of anilines is 1. The van der Waals surface area contributed by atoms with Crippen molar-refractivity contribution in [2.45, 2.75) is 31.0 Å². The molecule has 2 aliphatic heterocycles. The maximum Gasteiger partial charge on any atom is 0.416 e.